The Hall–Kier alpha value is -1.39. The largest absolute Gasteiger partial charge is 0.341 e. The Balaban J connectivity index is 1.64. The van der Waals surface area contributed by atoms with Crippen LogP contribution in [0.1, 0.15) is 31.7 Å². The quantitative estimate of drug-likeness (QED) is 0.927. The zero-order chi connectivity index (χ0) is 15.5. The van der Waals surface area contributed by atoms with Gasteiger partial charge in [-0.3, -0.25) is 9.69 Å². The van der Waals surface area contributed by atoms with Crippen molar-refractivity contribution in [3.8, 4) is 0 Å². The predicted molar refractivity (Wildman–Crippen MR) is 88.2 cm³/mol. The van der Waals surface area contributed by atoms with Gasteiger partial charge in [-0.1, -0.05) is 30.3 Å². The average Bonchev–Trinajstić information content (AvgIpc) is 2.55. The van der Waals surface area contributed by atoms with Gasteiger partial charge in [-0.2, -0.15) is 0 Å². The molecule has 0 saturated carbocycles. The van der Waals surface area contributed by atoms with Crippen molar-refractivity contribution in [1.29, 1.82) is 0 Å². The van der Waals surface area contributed by atoms with Gasteiger partial charge in [0.2, 0.25) is 5.91 Å². The summed E-state index contributed by atoms with van der Waals surface area (Å²) in [5, 5.41) is 0. The summed E-state index contributed by atoms with van der Waals surface area (Å²) in [5.41, 5.74) is 7.15. The number of carbonyl (C=O) groups excluding carboxylic acids is 1. The molecule has 2 saturated heterocycles. The van der Waals surface area contributed by atoms with E-state index in [2.05, 4.69) is 35.2 Å². The second kappa shape index (κ2) is 6.80. The molecule has 2 fully saturated rings. The first-order valence-corrected chi connectivity index (χ1v) is 8.47. The number of nitrogens with zero attached hydrogens (tertiary/aromatic N) is 2. The van der Waals surface area contributed by atoms with E-state index in [-0.39, 0.29) is 11.9 Å². The number of carbonyl (C=O) groups is 1. The fourth-order valence-corrected chi connectivity index (χ4v) is 4.01. The summed E-state index contributed by atoms with van der Waals surface area (Å²) < 4.78 is 0. The number of fused-ring (bicyclic) bond motifs is 1. The molecule has 2 N–H and O–H groups in total. The molecule has 2 heterocycles. The standard InChI is InChI=1S/C18H27N3O/c1-14(19)18(22)21-11-9-17-16(13-21)8-5-10-20(17)12-15-6-3-2-4-7-15/h2-4,6-7,14,16-17H,5,8-13,19H2,1H3/t14-,16+,17+/m0/s1. The van der Waals surface area contributed by atoms with Crippen LogP contribution in [-0.4, -0.2) is 47.4 Å². The van der Waals surface area contributed by atoms with E-state index >= 15 is 0 Å². The van der Waals surface area contributed by atoms with Gasteiger partial charge in [0, 0.05) is 25.7 Å². The lowest BCUT2D eigenvalue weighted by Crippen LogP contribution is -2.56. The van der Waals surface area contributed by atoms with Crippen LogP contribution in [0.15, 0.2) is 30.3 Å². The predicted octanol–water partition coefficient (Wildman–Crippen LogP) is 1.85. The lowest BCUT2D eigenvalue weighted by molar-refractivity contribution is -0.136. The van der Waals surface area contributed by atoms with Gasteiger partial charge in [-0.15, -0.1) is 0 Å². The van der Waals surface area contributed by atoms with Gasteiger partial charge in [0.15, 0.2) is 0 Å². The summed E-state index contributed by atoms with van der Waals surface area (Å²) in [6, 6.07) is 10.9. The van der Waals surface area contributed by atoms with Crippen molar-refractivity contribution in [3.05, 3.63) is 35.9 Å². The Labute approximate surface area is 133 Å². The number of benzene rings is 1. The number of rotatable bonds is 3. The molecule has 1 aromatic carbocycles. The lowest BCUT2D eigenvalue weighted by atomic mass is 9.83. The maximum Gasteiger partial charge on any atom is 0.239 e. The Kier molecular flexibility index (Phi) is 4.79. The van der Waals surface area contributed by atoms with Crippen molar-refractivity contribution in [2.45, 2.75) is 44.8 Å². The van der Waals surface area contributed by atoms with Crippen LogP contribution in [0.25, 0.3) is 0 Å². The van der Waals surface area contributed by atoms with Crippen LogP contribution in [0.3, 0.4) is 0 Å². The Morgan fingerprint density at radius 2 is 2.05 bits per heavy atom. The Bertz CT molecular complexity index is 502. The number of hydrogen-bond donors (Lipinski definition) is 1. The van der Waals surface area contributed by atoms with Gasteiger partial charge in [-0.25, -0.2) is 0 Å². The molecule has 120 valence electrons. The smallest absolute Gasteiger partial charge is 0.239 e. The molecule has 1 aromatic rings. The highest BCUT2D eigenvalue weighted by Gasteiger charge is 2.37. The van der Waals surface area contributed by atoms with Gasteiger partial charge < -0.3 is 10.6 Å². The molecule has 2 aliphatic heterocycles. The van der Waals surface area contributed by atoms with Crippen molar-refractivity contribution < 1.29 is 4.79 Å². The van der Waals surface area contributed by atoms with Gasteiger partial charge in [0.1, 0.15) is 0 Å². The molecule has 4 nitrogen and oxygen atoms in total. The SMILES string of the molecule is C[C@H](N)C(=O)N1CC[C@@H]2[C@H](CCCN2Cc2ccccc2)C1. The maximum atomic E-state index is 12.1. The number of piperidine rings is 2. The third-order valence-corrected chi connectivity index (χ3v) is 5.11. The van der Waals surface area contributed by atoms with Crippen LogP contribution < -0.4 is 5.73 Å². The second-order valence-corrected chi connectivity index (χ2v) is 6.79. The normalized spacial score (nSPS) is 27.3. The summed E-state index contributed by atoms with van der Waals surface area (Å²) in [5.74, 6) is 0.715. The topological polar surface area (TPSA) is 49.6 Å². The molecule has 0 aromatic heterocycles. The van der Waals surface area contributed by atoms with Crippen molar-refractivity contribution in [3.63, 3.8) is 0 Å². The number of likely N-dealkylation sites (tertiary alicyclic amines) is 2. The van der Waals surface area contributed by atoms with Crippen molar-refractivity contribution in [2.75, 3.05) is 19.6 Å². The fourth-order valence-electron chi connectivity index (χ4n) is 4.01. The van der Waals surface area contributed by atoms with Crippen molar-refractivity contribution in [1.82, 2.24) is 9.80 Å². The first-order valence-electron chi connectivity index (χ1n) is 8.47. The van der Waals surface area contributed by atoms with Gasteiger partial charge in [-0.05, 0) is 44.2 Å². The van der Waals surface area contributed by atoms with E-state index in [4.69, 9.17) is 5.73 Å². The van der Waals surface area contributed by atoms with Gasteiger partial charge >= 0.3 is 0 Å². The molecule has 0 bridgehead atoms. The molecule has 3 atom stereocenters. The summed E-state index contributed by atoms with van der Waals surface area (Å²) in [7, 11) is 0. The second-order valence-electron chi connectivity index (χ2n) is 6.79. The minimum Gasteiger partial charge on any atom is -0.341 e. The number of hydrogen-bond acceptors (Lipinski definition) is 3. The zero-order valence-electron chi connectivity index (χ0n) is 13.4. The fraction of sp³-hybridized carbons (Fsp3) is 0.611. The van der Waals surface area contributed by atoms with Crippen LogP contribution in [0.2, 0.25) is 0 Å². The molecule has 22 heavy (non-hydrogen) atoms. The Morgan fingerprint density at radius 1 is 1.27 bits per heavy atom. The Morgan fingerprint density at radius 3 is 2.77 bits per heavy atom. The van der Waals surface area contributed by atoms with E-state index in [0.29, 0.717) is 12.0 Å². The number of amides is 1. The maximum absolute atomic E-state index is 12.1. The molecular weight excluding hydrogens is 274 g/mol. The molecule has 3 rings (SSSR count). The third kappa shape index (κ3) is 3.33. The molecule has 0 unspecified atom stereocenters. The van der Waals surface area contributed by atoms with Crippen LogP contribution in [0.4, 0.5) is 0 Å². The molecule has 0 radical (unpaired) electrons. The van der Waals surface area contributed by atoms with Crippen LogP contribution in [-0.2, 0) is 11.3 Å². The van der Waals surface area contributed by atoms with E-state index in [1.54, 1.807) is 6.92 Å². The summed E-state index contributed by atoms with van der Waals surface area (Å²) in [6.07, 6.45) is 3.54. The van der Waals surface area contributed by atoms with Crippen LogP contribution >= 0.6 is 0 Å². The minimum absolute atomic E-state index is 0.110. The molecule has 4 heteroatoms. The van der Waals surface area contributed by atoms with Crippen LogP contribution in [0, 0.1) is 5.92 Å². The van der Waals surface area contributed by atoms with Gasteiger partial charge in [0.05, 0.1) is 6.04 Å². The first-order chi connectivity index (χ1) is 10.6. The lowest BCUT2D eigenvalue weighted by Gasteiger charge is -2.47. The van der Waals surface area contributed by atoms with Crippen molar-refractivity contribution >= 4 is 5.91 Å². The molecule has 2 aliphatic rings. The average molecular weight is 301 g/mol. The highest BCUT2D eigenvalue weighted by molar-refractivity contribution is 5.81. The van der Waals surface area contributed by atoms with E-state index in [9.17, 15) is 4.79 Å². The van der Waals surface area contributed by atoms with Crippen LogP contribution in [0.5, 0.6) is 0 Å². The van der Waals surface area contributed by atoms with E-state index < -0.39 is 0 Å². The summed E-state index contributed by atoms with van der Waals surface area (Å²) in [4.78, 5) is 16.7. The van der Waals surface area contributed by atoms with Crippen molar-refractivity contribution in [2.24, 2.45) is 11.7 Å². The zero-order valence-corrected chi connectivity index (χ0v) is 13.4. The molecule has 1 amide bonds. The molecule has 0 spiro atoms. The molecular formula is C18H27N3O. The highest BCUT2D eigenvalue weighted by atomic mass is 16.2. The highest BCUT2D eigenvalue weighted by Crippen LogP contribution is 2.31. The van der Waals surface area contributed by atoms with Gasteiger partial charge in [0.25, 0.3) is 0 Å². The minimum atomic E-state index is -0.374. The summed E-state index contributed by atoms with van der Waals surface area (Å²) in [6.45, 7) is 5.74. The van der Waals surface area contributed by atoms with E-state index in [1.807, 2.05) is 4.90 Å². The van der Waals surface area contributed by atoms with E-state index in [1.165, 1.54) is 24.9 Å². The first kappa shape index (κ1) is 15.5. The van der Waals surface area contributed by atoms with E-state index in [0.717, 1.165) is 26.1 Å². The summed E-state index contributed by atoms with van der Waals surface area (Å²) >= 11 is 0. The monoisotopic (exact) mass is 301 g/mol. The molecule has 0 aliphatic carbocycles. The third-order valence-electron chi connectivity index (χ3n) is 5.11. The number of nitrogens with two attached hydrogens (primary N) is 1.